The van der Waals surface area contributed by atoms with Crippen LogP contribution in [0.2, 0.25) is 0 Å². The first-order chi connectivity index (χ1) is 20.7. The largest absolute Gasteiger partial charge is 0.505 e. The number of nitrogens with zero attached hydrogens (tertiary/aromatic N) is 1. The number of aliphatic hydroxyl groups excluding tert-OH is 3. The smallest absolute Gasteiger partial charge is 0.238 e. The number of nitrogens with one attached hydrogen (secondary N) is 1. The lowest BCUT2D eigenvalue weighted by molar-refractivity contribution is -0.123. The number of para-hydroxylation sites is 1. The molecule has 0 aromatic heterocycles. The Bertz CT molecular complexity index is 1550. The van der Waals surface area contributed by atoms with Gasteiger partial charge in [0.1, 0.15) is 0 Å². The number of amides is 2. The minimum Gasteiger partial charge on any atom is -0.505 e. The molecule has 224 valence electrons. The molecule has 0 bridgehead atoms. The van der Waals surface area contributed by atoms with Gasteiger partial charge in [-0.3, -0.25) is 14.5 Å². The van der Waals surface area contributed by atoms with E-state index in [2.05, 4.69) is 5.32 Å². The zero-order valence-corrected chi connectivity index (χ0v) is 23.8. The number of halogens is 1. The molecular weight excluding hydrogens is 551 g/mol. The number of benzene rings is 3. The fraction of sp³-hybridized carbons (Fsp3) is 0.294. The Labute approximate surface area is 249 Å². The second kappa shape index (κ2) is 12.9. The van der Waals surface area contributed by atoms with Gasteiger partial charge >= 0.3 is 0 Å². The maximum atomic E-state index is 13.7. The molecule has 1 heterocycles. The second-order valence-electron chi connectivity index (χ2n) is 11.1. The summed E-state index contributed by atoms with van der Waals surface area (Å²) in [7, 11) is 0. The highest BCUT2D eigenvalue weighted by molar-refractivity contribution is 6.22. The first kappa shape index (κ1) is 30.2. The summed E-state index contributed by atoms with van der Waals surface area (Å²) in [6.07, 6.45) is 1.44. The van der Waals surface area contributed by atoms with Gasteiger partial charge in [0, 0.05) is 17.3 Å². The van der Waals surface area contributed by atoms with E-state index in [1.807, 2.05) is 37.3 Å². The van der Waals surface area contributed by atoms with Gasteiger partial charge < -0.3 is 25.7 Å². The van der Waals surface area contributed by atoms with Gasteiger partial charge in [-0.05, 0) is 91.4 Å². The summed E-state index contributed by atoms with van der Waals surface area (Å²) in [6.45, 7) is 0.956. The van der Waals surface area contributed by atoms with Crippen molar-refractivity contribution in [3.8, 4) is 5.75 Å². The Morgan fingerprint density at radius 2 is 1.72 bits per heavy atom. The SMILES string of the molecule is C/C(=C\c1ccc(O)c(F)c1)CC[C@@H](O)C1=C(CO)C[C@H]2C(=O)N(c3ccc(Nc4ccccc4)cc3)C(=O)[C@H]2[C@H]1CO. The van der Waals surface area contributed by atoms with Crippen molar-refractivity contribution in [1.29, 1.82) is 0 Å². The lowest BCUT2D eigenvalue weighted by Gasteiger charge is -2.36. The van der Waals surface area contributed by atoms with E-state index in [0.29, 0.717) is 28.8 Å². The molecule has 3 aromatic carbocycles. The van der Waals surface area contributed by atoms with Crippen molar-refractivity contribution in [1.82, 2.24) is 0 Å². The monoisotopic (exact) mass is 586 g/mol. The lowest BCUT2D eigenvalue weighted by Crippen LogP contribution is -2.39. The lowest BCUT2D eigenvalue weighted by atomic mass is 9.68. The molecule has 0 spiro atoms. The van der Waals surface area contributed by atoms with Gasteiger partial charge in [-0.25, -0.2) is 4.39 Å². The third-order valence-corrected chi connectivity index (χ3v) is 8.32. The van der Waals surface area contributed by atoms with E-state index >= 15 is 0 Å². The number of aliphatic hydroxyl groups is 3. The first-order valence-corrected chi connectivity index (χ1v) is 14.3. The van der Waals surface area contributed by atoms with E-state index in [1.54, 1.807) is 36.4 Å². The summed E-state index contributed by atoms with van der Waals surface area (Å²) in [6, 6.07) is 20.6. The Hall–Kier alpha value is -4.31. The molecule has 0 radical (unpaired) electrons. The van der Waals surface area contributed by atoms with Crippen molar-refractivity contribution < 1.29 is 34.4 Å². The minimum atomic E-state index is -1.07. The van der Waals surface area contributed by atoms with Gasteiger partial charge in [-0.2, -0.15) is 0 Å². The number of carbonyl (C=O) groups is 2. The third-order valence-electron chi connectivity index (χ3n) is 8.32. The van der Waals surface area contributed by atoms with E-state index in [9.17, 15) is 34.4 Å². The number of rotatable bonds is 10. The average Bonchev–Trinajstić information content (AvgIpc) is 3.26. The molecule has 9 heteroatoms. The fourth-order valence-electron chi connectivity index (χ4n) is 6.23. The molecule has 2 aliphatic rings. The van der Waals surface area contributed by atoms with Crippen LogP contribution in [-0.2, 0) is 9.59 Å². The van der Waals surface area contributed by atoms with E-state index in [-0.39, 0.29) is 12.8 Å². The highest BCUT2D eigenvalue weighted by atomic mass is 19.1. The van der Waals surface area contributed by atoms with E-state index in [0.717, 1.165) is 21.8 Å². The zero-order chi connectivity index (χ0) is 30.7. The number of allylic oxidation sites excluding steroid dienone is 1. The molecule has 1 aliphatic heterocycles. The third kappa shape index (κ3) is 6.24. The van der Waals surface area contributed by atoms with E-state index < -0.39 is 60.5 Å². The van der Waals surface area contributed by atoms with Gasteiger partial charge in [-0.15, -0.1) is 0 Å². The van der Waals surface area contributed by atoms with E-state index in [4.69, 9.17) is 0 Å². The minimum absolute atomic E-state index is 0.111. The summed E-state index contributed by atoms with van der Waals surface area (Å²) >= 11 is 0. The molecule has 5 rings (SSSR count). The molecule has 5 N–H and O–H groups in total. The van der Waals surface area contributed by atoms with Gasteiger partial charge in [0.25, 0.3) is 0 Å². The summed E-state index contributed by atoms with van der Waals surface area (Å²) in [4.78, 5) is 28.4. The Morgan fingerprint density at radius 3 is 2.37 bits per heavy atom. The van der Waals surface area contributed by atoms with Gasteiger partial charge in [0.15, 0.2) is 11.6 Å². The van der Waals surface area contributed by atoms with Crippen molar-refractivity contribution >= 4 is 35.0 Å². The molecule has 3 aromatic rings. The van der Waals surface area contributed by atoms with Crippen molar-refractivity contribution in [2.24, 2.45) is 17.8 Å². The van der Waals surface area contributed by atoms with Crippen molar-refractivity contribution in [2.45, 2.75) is 32.3 Å². The van der Waals surface area contributed by atoms with Crippen LogP contribution in [0.1, 0.15) is 31.7 Å². The van der Waals surface area contributed by atoms with Crippen LogP contribution >= 0.6 is 0 Å². The maximum Gasteiger partial charge on any atom is 0.238 e. The number of hydrogen-bond acceptors (Lipinski definition) is 7. The van der Waals surface area contributed by atoms with Crippen molar-refractivity contribution in [2.75, 3.05) is 23.4 Å². The predicted molar refractivity (Wildman–Crippen MR) is 162 cm³/mol. The second-order valence-corrected chi connectivity index (χ2v) is 11.1. The van der Waals surface area contributed by atoms with Crippen LogP contribution < -0.4 is 10.2 Å². The molecule has 1 fully saturated rings. The number of aromatic hydroxyl groups is 1. The van der Waals surface area contributed by atoms with Gasteiger partial charge in [-0.1, -0.05) is 35.9 Å². The number of phenolic OH excluding ortho intramolecular Hbond substituents is 1. The Morgan fingerprint density at radius 1 is 1.02 bits per heavy atom. The fourth-order valence-corrected chi connectivity index (χ4v) is 6.23. The van der Waals surface area contributed by atoms with Gasteiger partial charge in [0.2, 0.25) is 11.8 Å². The molecule has 0 unspecified atom stereocenters. The Balaban J connectivity index is 1.32. The van der Waals surface area contributed by atoms with Crippen molar-refractivity contribution in [3.63, 3.8) is 0 Å². The van der Waals surface area contributed by atoms with Crippen LogP contribution in [-0.4, -0.2) is 51.6 Å². The molecule has 43 heavy (non-hydrogen) atoms. The normalized spacial score (nSPS) is 21.3. The van der Waals surface area contributed by atoms with Crippen LogP contribution in [0.3, 0.4) is 0 Å². The number of carbonyl (C=O) groups excluding carboxylic acids is 2. The number of imide groups is 1. The zero-order valence-electron chi connectivity index (χ0n) is 23.8. The Kier molecular flexibility index (Phi) is 9.05. The molecular formula is C34H35FN2O6. The first-order valence-electron chi connectivity index (χ1n) is 14.3. The number of phenols is 1. The van der Waals surface area contributed by atoms with Gasteiger partial charge in [0.05, 0.1) is 36.8 Å². The molecule has 2 amide bonds. The standard InChI is InChI=1S/C34H35FN2O6/c1-20(15-21-8-14-29(40)28(35)16-21)7-13-30(41)31-22(18-38)17-26-32(27(31)19-39)34(43)37(33(26)42)25-11-9-24(10-12-25)36-23-5-3-2-4-6-23/h2-6,8-12,14-16,26-27,30,32,36,38-41H,7,13,17-19H2,1H3/b20-15+/t26-,27+,30-,32-/m1/s1. The van der Waals surface area contributed by atoms with Crippen LogP contribution in [0.4, 0.5) is 21.5 Å². The molecule has 1 saturated heterocycles. The van der Waals surface area contributed by atoms with Crippen LogP contribution in [0.25, 0.3) is 6.08 Å². The average molecular weight is 587 g/mol. The summed E-state index contributed by atoms with van der Waals surface area (Å²) in [5.41, 5.74) is 4.36. The predicted octanol–water partition coefficient (Wildman–Crippen LogP) is 4.93. The summed E-state index contributed by atoms with van der Waals surface area (Å²) in [5, 5.41) is 44.6. The molecule has 4 atom stereocenters. The topological polar surface area (TPSA) is 130 Å². The molecule has 1 aliphatic carbocycles. The molecule has 0 saturated carbocycles. The van der Waals surface area contributed by atoms with E-state index in [1.165, 1.54) is 12.1 Å². The van der Waals surface area contributed by atoms with Crippen molar-refractivity contribution in [3.05, 3.63) is 101 Å². The van der Waals surface area contributed by atoms with Crippen LogP contribution in [0.5, 0.6) is 5.75 Å². The number of anilines is 3. The quantitative estimate of drug-likeness (QED) is 0.168. The molecule has 8 nitrogen and oxygen atoms in total. The highest BCUT2D eigenvalue weighted by Crippen LogP contribution is 2.47. The summed E-state index contributed by atoms with van der Waals surface area (Å²) < 4.78 is 13.7. The summed E-state index contributed by atoms with van der Waals surface area (Å²) in [5.74, 6) is -4.44. The maximum absolute atomic E-state index is 13.7. The van der Waals surface area contributed by atoms with Crippen LogP contribution in [0, 0.1) is 23.6 Å². The van der Waals surface area contributed by atoms with Crippen LogP contribution in [0.15, 0.2) is 89.5 Å². The number of fused-ring (bicyclic) bond motifs is 1. The highest BCUT2D eigenvalue weighted by Gasteiger charge is 2.55. The number of hydrogen-bond donors (Lipinski definition) is 5.